The zero-order chi connectivity index (χ0) is 14.7. The molecule has 3 rings (SSSR count). The number of nitrogens with zero attached hydrogens (tertiary/aromatic N) is 2. The van der Waals surface area contributed by atoms with Crippen LogP contribution in [0, 0.1) is 0 Å². The predicted octanol–water partition coefficient (Wildman–Crippen LogP) is 2.15. The molecule has 1 amide bonds. The van der Waals surface area contributed by atoms with E-state index in [-0.39, 0.29) is 24.3 Å². The van der Waals surface area contributed by atoms with Crippen LogP contribution >= 0.6 is 0 Å². The molecule has 6 heteroatoms. The number of H-pyrrole nitrogens is 1. The van der Waals surface area contributed by atoms with Gasteiger partial charge in [0.15, 0.2) is 0 Å². The normalized spacial score (nSPS) is 10.5. The number of carbonyl (C=O) groups is 1. The lowest BCUT2D eigenvalue weighted by atomic mass is 10.0. The van der Waals surface area contributed by atoms with Crippen LogP contribution in [0.4, 0.5) is 5.95 Å². The first-order chi connectivity index (χ1) is 10.3. The quantitative estimate of drug-likeness (QED) is 0.768. The van der Waals surface area contributed by atoms with Crippen molar-refractivity contribution in [2.75, 3.05) is 12.4 Å². The largest absolute Gasteiger partial charge is 0.466 e. The lowest BCUT2D eigenvalue weighted by Crippen LogP contribution is -2.15. The number of ether oxygens (including phenoxy) is 1. The van der Waals surface area contributed by atoms with E-state index in [1.54, 1.807) is 0 Å². The molecular weight excluding hydrogens is 268 g/mol. The van der Waals surface area contributed by atoms with Crippen LogP contribution in [-0.4, -0.2) is 28.2 Å². The van der Waals surface area contributed by atoms with Crippen molar-refractivity contribution in [1.29, 1.82) is 0 Å². The topological polar surface area (TPSA) is 79.9 Å². The number of hydrogen-bond acceptors (Lipinski definition) is 4. The van der Waals surface area contributed by atoms with Crippen LogP contribution in [0.2, 0.25) is 0 Å². The number of amides is 1. The third kappa shape index (κ3) is 2.84. The van der Waals surface area contributed by atoms with Crippen LogP contribution < -0.4 is 10.1 Å². The molecule has 0 saturated carbocycles. The molecule has 6 nitrogen and oxygen atoms in total. The van der Waals surface area contributed by atoms with Gasteiger partial charge in [0, 0.05) is 0 Å². The number of aromatic amines is 1. The number of rotatable bonds is 4. The zero-order valence-electron chi connectivity index (χ0n) is 11.5. The van der Waals surface area contributed by atoms with Crippen LogP contribution in [0.15, 0.2) is 42.5 Å². The summed E-state index contributed by atoms with van der Waals surface area (Å²) in [6, 6.07) is 14.1. The second-order valence-electron chi connectivity index (χ2n) is 4.53. The maximum Gasteiger partial charge on any atom is 0.336 e. The average molecular weight is 282 g/mol. The van der Waals surface area contributed by atoms with Crippen molar-refractivity contribution in [1.82, 2.24) is 15.2 Å². The summed E-state index contributed by atoms with van der Waals surface area (Å²) in [5.41, 5.74) is 0.970. The minimum absolute atomic E-state index is 0.162. The fraction of sp³-hybridized carbons (Fsp3) is 0.133. The van der Waals surface area contributed by atoms with E-state index in [2.05, 4.69) is 20.5 Å². The van der Waals surface area contributed by atoms with E-state index in [1.807, 2.05) is 42.5 Å². The number of fused-ring (bicyclic) bond motifs is 1. The van der Waals surface area contributed by atoms with Crippen molar-refractivity contribution >= 4 is 22.6 Å². The second kappa shape index (κ2) is 5.62. The summed E-state index contributed by atoms with van der Waals surface area (Å²) in [6.45, 7) is 0. The fourth-order valence-electron chi connectivity index (χ4n) is 2.19. The maximum atomic E-state index is 12.1. The van der Waals surface area contributed by atoms with Crippen LogP contribution in [0.1, 0.15) is 5.56 Å². The van der Waals surface area contributed by atoms with Gasteiger partial charge in [-0.05, 0) is 16.3 Å². The van der Waals surface area contributed by atoms with Gasteiger partial charge >= 0.3 is 6.01 Å². The molecule has 0 fully saturated rings. The monoisotopic (exact) mass is 282 g/mol. The van der Waals surface area contributed by atoms with Gasteiger partial charge in [-0.3, -0.25) is 10.1 Å². The Balaban J connectivity index is 1.77. The van der Waals surface area contributed by atoms with Crippen molar-refractivity contribution in [2.45, 2.75) is 6.42 Å². The number of aromatic nitrogens is 3. The van der Waals surface area contributed by atoms with E-state index in [0.29, 0.717) is 0 Å². The Bertz CT molecular complexity index is 777. The molecule has 1 heterocycles. The number of methoxy groups -OCH3 is 1. The Morgan fingerprint density at radius 2 is 2.05 bits per heavy atom. The average Bonchev–Trinajstić information content (AvgIpc) is 2.95. The van der Waals surface area contributed by atoms with Crippen LogP contribution in [-0.2, 0) is 11.2 Å². The molecule has 0 aliphatic heterocycles. The van der Waals surface area contributed by atoms with Gasteiger partial charge in [-0.25, -0.2) is 5.10 Å². The van der Waals surface area contributed by atoms with E-state index >= 15 is 0 Å². The molecule has 2 aromatic carbocycles. The van der Waals surface area contributed by atoms with Gasteiger partial charge in [0.25, 0.3) is 0 Å². The minimum atomic E-state index is -0.162. The van der Waals surface area contributed by atoms with Gasteiger partial charge in [-0.15, -0.1) is 5.10 Å². The summed E-state index contributed by atoms with van der Waals surface area (Å²) in [6.07, 6.45) is 0.268. The molecule has 2 N–H and O–H groups in total. The molecule has 0 aliphatic carbocycles. The lowest BCUT2D eigenvalue weighted by molar-refractivity contribution is -0.115. The highest BCUT2D eigenvalue weighted by molar-refractivity contribution is 5.95. The summed E-state index contributed by atoms with van der Waals surface area (Å²) < 4.78 is 4.85. The summed E-state index contributed by atoms with van der Waals surface area (Å²) in [5.74, 6) is 0.113. The van der Waals surface area contributed by atoms with E-state index in [4.69, 9.17) is 4.74 Å². The van der Waals surface area contributed by atoms with E-state index < -0.39 is 0 Å². The Kier molecular flexibility index (Phi) is 3.51. The first-order valence-electron chi connectivity index (χ1n) is 6.49. The molecule has 0 bridgehead atoms. The van der Waals surface area contributed by atoms with Crippen LogP contribution in [0.25, 0.3) is 10.8 Å². The highest BCUT2D eigenvalue weighted by Gasteiger charge is 2.10. The van der Waals surface area contributed by atoms with Crippen molar-refractivity contribution in [3.8, 4) is 6.01 Å². The van der Waals surface area contributed by atoms with Gasteiger partial charge in [0.1, 0.15) is 0 Å². The van der Waals surface area contributed by atoms with Gasteiger partial charge < -0.3 is 4.74 Å². The first kappa shape index (κ1) is 13.1. The highest BCUT2D eigenvalue weighted by atomic mass is 16.5. The molecule has 106 valence electrons. The Morgan fingerprint density at radius 3 is 2.86 bits per heavy atom. The molecule has 1 aromatic heterocycles. The zero-order valence-corrected chi connectivity index (χ0v) is 11.5. The minimum Gasteiger partial charge on any atom is -0.466 e. The van der Waals surface area contributed by atoms with E-state index in [0.717, 1.165) is 16.3 Å². The number of nitrogens with one attached hydrogen (secondary N) is 2. The van der Waals surface area contributed by atoms with Gasteiger partial charge in [-0.2, -0.15) is 4.98 Å². The molecule has 0 radical (unpaired) electrons. The lowest BCUT2D eigenvalue weighted by Gasteiger charge is -2.06. The molecular formula is C15H14N4O2. The maximum absolute atomic E-state index is 12.1. The summed E-state index contributed by atoms with van der Waals surface area (Å²) in [7, 11) is 1.46. The number of hydrogen-bond donors (Lipinski definition) is 2. The van der Waals surface area contributed by atoms with E-state index in [1.165, 1.54) is 7.11 Å². The van der Waals surface area contributed by atoms with E-state index in [9.17, 15) is 4.79 Å². The molecule has 0 saturated heterocycles. The SMILES string of the molecule is COc1n[nH]c(NC(=O)Cc2cccc3ccccc23)n1. The highest BCUT2D eigenvalue weighted by Crippen LogP contribution is 2.19. The molecule has 0 aliphatic rings. The van der Waals surface area contributed by atoms with Gasteiger partial charge in [0.05, 0.1) is 13.5 Å². The Hall–Kier alpha value is -2.89. The Morgan fingerprint density at radius 1 is 1.24 bits per heavy atom. The molecule has 3 aromatic rings. The smallest absolute Gasteiger partial charge is 0.336 e. The molecule has 0 spiro atoms. The fourth-order valence-corrected chi connectivity index (χ4v) is 2.19. The van der Waals surface area contributed by atoms with Crippen molar-refractivity contribution in [3.63, 3.8) is 0 Å². The van der Waals surface area contributed by atoms with Crippen LogP contribution in [0.3, 0.4) is 0 Å². The first-order valence-corrected chi connectivity index (χ1v) is 6.49. The van der Waals surface area contributed by atoms with Crippen LogP contribution in [0.5, 0.6) is 6.01 Å². The molecule has 0 atom stereocenters. The standard InChI is InChI=1S/C15H14N4O2/c1-21-15-17-14(18-19-15)16-13(20)9-11-7-4-6-10-5-2-3-8-12(10)11/h2-8H,9H2,1H3,(H2,16,17,18,19,20). The summed E-state index contributed by atoms with van der Waals surface area (Å²) >= 11 is 0. The number of anilines is 1. The number of carbonyl (C=O) groups excluding carboxylic acids is 1. The predicted molar refractivity (Wildman–Crippen MR) is 79.2 cm³/mol. The van der Waals surface area contributed by atoms with Gasteiger partial charge in [0.2, 0.25) is 11.9 Å². The third-order valence-corrected chi connectivity index (χ3v) is 3.14. The number of benzene rings is 2. The van der Waals surface area contributed by atoms with Crippen molar-refractivity contribution in [3.05, 3.63) is 48.0 Å². The van der Waals surface area contributed by atoms with Crippen molar-refractivity contribution in [2.24, 2.45) is 0 Å². The second-order valence-corrected chi connectivity index (χ2v) is 4.53. The molecule has 21 heavy (non-hydrogen) atoms. The van der Waals surface area contributed by atoms with Crippen molar-refractivity contribution < 1.29 is 9.53 Å². The summed E-state index contributed by atoms with van der Waals surface area (Å²) in [5, 5.41) is 11.2. The Labute approximate surface area is 121 Å². The summed E-state index contributed by atoms with van der Waals surface area (Å²) in [4.78, 5) is 16.0. The molecule has 0 unspecified atom stereocenters. The van der Waals surface area contributed by atoms with Gasteiger partial charge in [-0.1, -0.05) is 42.5 Å². The third-order valence-electron chi connectivity index (χ3n) is 3.14.